The van der Waals surface area contributed by atoms with E-state index in [0.29, 0.717) is 11.1 Å². The summed E-state index contributed by atoms with van der Waals surface area (Å²) >= 11 is 11.9. The molecule has 0 atom stereocenters. The van der Waals surface area contributed by atoms with Crippen LogP contribution in [-0.4, -0.2) is 33.9 Å². The number of hydrogen-bond acceptors (Lipinski definition) is 5. The molecule has 2 aromatic rings. The molecule has 1 aliphatic heterocycles. The molecule has 6 nitrogen and oxygen atoms in total. The van der Waals surface area contributed by atoms with Crippen molar-refractivity contribution in [1.29, 1.82) is 0 Å². The number of carbonyl (C=O) groups excluding carboxylic acids is 1. The summed E-state index contributed by atoms with van der Waals surface area (Å²) in [5, 5.41) is 2.75. The van der Waals surface area contributed by atoms with Gasteiger partial charge in [-0.1, -0.05) is 43.5 Å². The molecule has 1 aliphatic rings. The van der Waals surface area contributed by atoms with E-state index in [1.807, 2.05) is 12.1 Å². The zero-order chi connectivity index (χ0) is 18.7. The highest BCUT2D eigenvalue weighted by molar-refractivity contribution is 6.38. The van der Waals surface area contributed by atoms with Crippen molar-refractivity contribution in [1.82, 2.24) is 15.0 Å². The molecular formula is C18H21Cl2N5O. The SMILES string of the molecule is CCC1(C)CCN(c2ccc(NC(=O)c3c(Cl)ncnc3Cl)cn2)CC1. The molecular weight excluding hydrogens is 373 g/mol. The maximum absolute atomic E-state index is 12.3. The fraction of sp³-hybridized carbons (Fsp3) is 0.444. The monoisotopic (exact) mass is 393 g/mol. The number of anilines is 2. The fourth-order valence-electron chi connectivity index (χ4n) is 3.00. The van der Waals surface area contributed by atoms with Crippen molar-refractivity contribution < 1.29 is 4.79 Å². The predicted octanol–water partition coefficient (Wildman–Crippen LogP) is 4.45. The van der Waals surface area contributed by atoms with Crippen LogP contribution in [0.1, 0.15) is 43.5 Å². The topological polar surface area (TPSA) is 71.0 Å². The van der Waals surface area contributed by atoms with Crippen LogP contribution in [0.25, 0.3) is 0 Å². The Morgan fingerprint density at radius 2 is 1.85 bits per heavy atom. The summed E-state index contributed by atoms with van der Waals surface area (Å²) in [5.41, 5.74) is 1.04. The minimum atomic E-state index is -0.466. The number of piperidine rings is 1. The van der Waals surface area contributed by atoms with Gasteiger partial charge in [-0.25, -0.2) is 15.0 Å². The molecule has 3 rings (SSSR count). The number of rotatable bonds is 4. The van der Waals surface area contributed by atoms with E-state index in [9.17, 15) is 4.79 Å². The van der Waals surface area contributed by atoms with Gasteiger partial charge in [0.2, 0.25) is 0 Å². The first kappa shape index (κ1) is 18.9. The van der Waals surface area contributed by atoms with Crippen molar-refractivity contribution in [3.63, 3.8) is 0 Å². The van der Waals surface area contributed by atoms with Crippen LogP contribution in [-0.2, 0) is 0 Å². The van der Waals surface area contributed by atoms with E-state index >= 15 is 0 Å². The Labute approximate surface area is 163 Å². The predicted molar refractivity (Wildman–Crippen MR) is 104 cm³/mol. The van der Waals surface area contributed by atoms with Crippen LogP contribution in [0.15, 0.2) is 24.7 Å². The normalized spacial score (nSPS) is 16.4. The van der Waals surface area contributed by atoms with Crippen LogP contribution in [0, 0.1) is 5.41 Å². The number of aromatic nitrogens is 3. The van der Waals surface area contributed by atoms with E-state index < -0.39 is 5.91 Å². The van der Waals surface area contributed by atoms with E-state index in [4.69, 9.17) is 23.2 Å². The molecule has 2 aromatic heterocycles. The molecule has 138 valence electrons. The molecule has 0 bridgehead atoms. The molecule has 0 aromatic carbocycles. The van der Waals surface area contributed by atoms with Crippen molar-refractivity contribution >= 4 is 40.6 Å². The van der Waals surface area contributed by atoms with Crippen LogP contribution in [0.4, 0.5) is 11.5 Å². The van der Waals surface area contributed by atoms with Gasteiger partial charge in [-0.05, 0) is 30.4 Å². The number of nitrogens with zero attached hydrogens (tertiary/aromatic N) is 4. The van der Waals surface area contributed by atoms with Crippen molar-refractivity contribution in [3.05, 3.63) is 40.5 Å². The Morgan fingerprint density at radius 1 is 1.19 bits per heavy atom. The lowest BCUT2D eigenvalue weighted by atomic mass is 9.78. The molecule has 1 saturated heterocycles. The van der Waals surface area contributed by atoms with Crippen molar-refractivity contribution in [3.8, 4) is 0 Å². The van der Waals surface area contributed by atoms with E-state index in [1.165, 1.54) is 12.7 Å². The molecule has 1 amide bonds. The standard InChI is InChI=1S/C18H21Cl2N5O/c1-3-18(2)6-8-25(9-7-18)13-5-4-12(10-21-13)24-17(26)14-15(19)22-11-23-16(14)20/h4-5,10-11H,3,6-9H2,1-2H3,(H,24,26). The minimum absolute atomic E-state index is 0.0133. The van der Waals surface area contributed by atoms with Gasteiger partial charge in [0.15, 0.2) is 0 Å². The maximum Gasteiger partial charge on any atom is 0.261 e. The minimum Gasteiger partial charge on any atom is -0.357 e. The highest BCUT2D eigenvalue weighted by atomic mass is 35.5. The fourth-order valence-corrected chi connectivity index (χ4v) is 3.49. The molecule has 0 radical (unpaired) electrons. The van der Waals surface area contributed by atoms with Crippen LogP contribution < -0.4 is 10.2 Å². The lowest BCUT2D eigenvalue weighted by molar-refractivity contribution is 0.102. The summed E-state index contributed by atoms with van der Waals surface area (Å²) in [7, 11) is 0. The third kappa shape index (κ3) is 4.07. The quantitative estimate of drug-likeness (QED) is 0.776. The second-order valence-corrected chi connectivity index (χ2v) is 7.56. The first-order valence-electron chi connectivity index (χ1n) is 8.60. The molecule has 0 spiro atoms. The van der Waals surface area contributed by atoms with Gasteiger partial charge in [-0.15, -0.1) is 0 Å². The number of hydrogen-bond donors (Lipinski definition) is 1. The summed E-state index contributed by atoms with van der Waals surface area (Å²) in [6.45, 7) is 6.59. The molecule has 3 heterocycles. The average molecular weight is 394 g/mol. The van der Waals surface area contributed by atoms with Gasteiger partial charge >= 0.3 is 0 Å². The lowest BCUT2D eigenvalue weighted by Gasteiger charge is -2.39. The molecule has 0 saturated carbocycles. The van der Waals surface area contributed by atoms with Gasteiger partial charge in [0, 0.05) is 13.1 Å². The molecule has 26 heavy (non-hydrogen) atoms. The van der Waals surface area contributed by atoms with E-state index in [2.05, 4.69) is 39.0 Å². The molecule has 0 unspecified atom stereocenters. The van der Waals surface area contributed by atoms with Crippen LogP contribution in [0.5, 0.6) is 0 Å². The summed E-state index contributed by atoms with van der Waals surface area (Å²) < 4.78 is 0. The van der Waals surface area contributed by atoms with E-state index in [0.717, 1.165) is 31.7 Å². The number of halogens is 2. The zero-order valence-corrected chi connectivity index (χ0v) is 16.3. The van der Waals surface area contributed by atoms with Crippen LogP contribution in [0.2, 0.25) is 10.3 Å². The molecule has 1 fully saturated rings. The third-order valence-electron chi connectivity index (χ3n) is 5.14. The highest BCUT2D eigenvalue weighted by Crippen LogP contribution is 2.35. The Bertz CT molecular complexity index is 768. The molecule has 0 aliphatic carbocycles. The first-order valence-corrected chi connectivity index (χ1v) is 9.36. The van der Waals surface area contributed by atoms with Crippen molar-refractivity contribution in [2.75, 3.05) is 23.3 Å². The number of carbonyl (C=O) groups is 1. The summed E-state index contributed by atoms with van der Waals surface area (Å²) in [6, 6.07) is 3.73. The van der Waals surface area contributed by atoms with E-state index in [-0.39, 0.29) is 15.9 Å². The van der Waals surface area contributed by atoms with Gasteiger partial charge in [0.25, 0.3) is 5.91 Å². The third-order valence-corrected chi connectivity index (χ3v) is 5.71. The van der Waals surface area contributed by atoms with Crippen LogP contribution in [0.3, 0.4) is 0 Å². The second-order valence-electron chi connectivity index (χ2n) is 6.84. The largest absolute Gasteiger partial charge is 0.357 e. The Balaban J connectivity index is 1.66. The van der Waals surface area contributed by atoms with Crippen molar-refractivity contribution in [2.45, 2.75) is 33.1 Å². The highest BCUT2D eigenvalue weighted by Gasteiger charge is 2.28. The molecule has 1 N–H and O–H groups in total. The van der Waals surface area contributed by atoms with Gasteiger partial charge in [-0.3, -0.25) is 4.79 Å². The number of pyridine rings is 1. The lowest BCUT2D eigenvalue weighted by Crippen LogP contribution is -2.38. The van der Waals surface area contributed by atoms with Crippen LogP contribution >= 0.6 is 23.2 Å². The Morgan fingerprint density at radius 3 is 2.38 bits per heavy atom. The number of amides is 1. The van der Waals surface area contributed by atoms with Gasteiger partial charge in [0.05, 0.1) is 11.9 Å². The maximum atomic E-state index is 12.3. The van der Waals surface area contributed by atoms with Gasteiger partial charge < -0.3 is 10.2 Å². The van der Waals surface area contributed by atoms with Crippen molar-refractivity contribution in [2.24, 2.45) is 5.41 Å². The van der Waals surface area contributed by atoms with E-state index in [1.54, 1.807) is 6.20 Å². The average Bonchev–Trinajstić information content (AvgIpc) is 2.63. The summed E-state index contributed by atoms with van der Waals surface area (Å²) in [6.07, 6.45) is 6.36. The summed E-state index contributed by atoms with van der Waals surface area (Å²) in [4.78, 5) is 26.7. The zero-order valence-electron chi connectivity index (χ0n) is 14.8. The second kappa shape index (κ2) is 7.76. The first-order chi connectivity index (χ1) is 12.4. The Hall–Kier alpha value is -1.92. The smallest absolute Gasteiger partial charge is 0.261 e. The van der Waals surface area contributed by atoms with Gasteiger partial charge in [-0.2, -0.15) is 0 Å². The Kier molecular flexibility index (Phi) is 5.63. The number of nitrogens with one attached hydrogen (secondary N) is 1. The molecule has 8 heteroatoms. The summed E-state index contributed by atoms with van der Waals surface area (Å²) in [5.74, 6) is 0.451. The van der Waals surface area contributed by atoms with Gasteiger partial charge in [0.1, 0.15) is 28.0 Å².